The summed E-state index contributed by atoms with van der Waals surface area (Å²) in [5.74, 6) is -0.188. The van der Waals surface area contributed by atoms with Gasteiger partial charge in [-0.25, -0.2) is 9.78 Å². The molecule has 104 valence electrons. The number of aromatic nitrogens is 1. The van der Waals surface area contributed by atoms with Crippen LogP contribution in [0.4, 0.5) is 5.82 Å². The standard InChI is InChI=1S/C14H20N2O3/c1-9-6-10(2)15-13(12(9)14(18)19)16-5-3-4-11(7-16)8-17/h6,11,17H,3-5,7-8H2,1-2H3,(H,18,19). The lowest BCUT2D eigenvalue weighted by Crippen LogP contribution is -2.38. The largest absolute Gasteiger partial charge is 0.478 e. The molecule has 19 heavy (non-hydrogen) atoms. The first-order valence-electron chi connectivity index (χ1n) is 6.60. The van der Waals surface area contributed by atoms with Crippen LogP contribution in [0, 0.1) is 19.8 Å². The summed E-state index contributed by atoms with van der Waals surface area (Å²) in [5.41, 5.74) is 1.84. The number of aromatic carboxylic acids is 1. The third-order valence-electron chi connectivity index (χ3n) is 3.62. The number of nitrogens with zero attached hydrogens (tertiary/aromatic N) is 2. The highest BCUT2D eigenvalue weighted by Gasteiger charge is 2.25. The molecule has 0 aliphatic carbocycles. The molecule has 5 nitrogen and oxygen atoms in total. The maximum atomic E-state index is 11.4. The van der Waals surface area contributed by atoms with Gasteiger partial charge in [0.15, 0.2) is 0 Å². The van der Waals surface area contributed by atoms with Gasteiger partial charge >= 0.3 is 5.97 Å². The van der Waals surface area contributed by atoms with Crippen molar-refractivity contribution >= 4 is 11.8 Å². The lowest BCUT2D eigenvalue weighted by atomic mass is 9.98. The number of aryl methyl sites for hydroxylation is 2. The van der Waals surface area contributed by atoms with Gasteiger partial charge in [0, 0.05) is 25.4 Å². The van der Waals surface area contributed by atoms with Crippen LogP contribution in [0.25, 0.3) is 0 Å². The lowest BCUT2D eigenvalue weighted by Gasteiger charge is -2.33. The molecule has 1 aromatic rings. The molecule has 0 spiro atoms. The Morgan fingerprint density at radius 1 is 1.53 bits per heavy atom. The Morgan fingerprint density at radius 2 is 2.26 bits per heavy atom. The van der Waals surface area contributed by atoms with E-state index in [4.69, 9.17) is 0 Å². The number of pyridine rings is 1. The van der Waals surface area contributed by atoms with Gasteiger partial charge in [0.1, 0.15) is 11.4 Å². The first kappa shape index (κ1) is 13.8. The van der Waals surface area contributed by atoms with Crippen molar-refractivity contribution in [3.05, 3.63) is 22.9 Å². The van der Waals surface area contributed by atoms with E-state index in [0.717, 1.165) is 30.6 Å². The van der Waals surface area contributed by atoms with E-state index in [1.807, 2.05) is 11.8 Å². The number of anilines is 1. The molecule has 0 aromatic carbocycles. The number of hydrogen-bond acceptors (Lipinski definition) is 4. The van der Waals surface area contributed by atoms with E-state index >= 15 is 0 Å². The van der Waals surface area contributed by atoms with E-state index in [0.29, 0.717) is 12.4 Å². The summed E-state index contributed by atoms with van der Waals surface area (Å²) in [4.78, 5) is 17.8. The predicted octanol–water partition coefficient (Wildman–Crippen LogP) is 1.61. The van der Waals surface area contributed by atoms with Gasteiger partial charge in [-0.1, -0.05) is 0 Å². The Kier molecular flexibility index (Phi) is 4.04. The number of carbonyl (C=O) groups is 1. The summed E-state index contributed by atoms with van der Waals surface area (Å²) in [5, 5.41) is 18.7. The zero-order valence-electron chi connectivity index (χ0n) is 11.4. The summed E-state index contributed by atoms with van der Waals surface area (Å²) in [6, 6.07) is 1.79. The van der Waals surface area contributed by atoms with Gasteiger partial charge in [-0.3, -0.25) is 0 Å². The Morgan fingerprint density at radius 3 is 2.89 bits per heavy atom. The van der Waals surface area contributed by atoms with Gasteiger partial charge in [-0.2, -0.15) is 0 Å². The number of hydrogen-bond donors (Lipinski definition) is 2. The third-order valence-corrected chi connectivity index (χ3v) is 3.62. The Bertz CT molecular complexity index is 488. The fraction of sp³-hybridized carbons (Fsp3) is 0.571. The second-order valence-corrected chi connectivity index (χ2v) is 5.22. The number of rotatable bonds is 3. The van der Waals surface area contributed by atoms with Gasteiger partial charge in [0.25, 0.3) is 0 Å². The average molecular weight is 264 g/mol. The van der Waals surface area contributed by atoms with E-state index < -0.39 is 5.97 Å². The maximum Gasteiger partial charge on any atom is 0.339 e. The van der Waals surface area contributed by atoms with Gasteiger partial charge in [-0.05, 0) is 44.2 Å². The van der Waals surface area contributed by atoms with E-state index in [1.54, 1.807) is 13.0 Å². The van der Waals surface area contributed by atoms with Crippen molar-refractivity contribution in [2.45, 2.75) is 26.7 Å². The van der Waals surface area contributed by atoms with Crippen LogP contribution >= 0.6 is 0 Å². The maximum absolute atomic E-state index is 11.4. The SMILES string of the molecule is Cc1cc(C)c(C(=O)O)c(N2CCCC(CO)C2)n1. The highest BCUT2D eigenvalue weighted by Crippen LogP contribution is 2.27. The molecule has 1 aliphatic rings. The van der Waals surface area contributed by atoms with E-state index in [-0.39, 0.29) is 18.1 Å². The van der Waals surface area contributed by atoms with Gasteiger partial charge in [-0.15, -0.1) is 0 Å². The van der Waals surface area contributed by atoms with Crippen molar-refractivity contribution < 1.29 is 15.0 Å². The summed E-state index contributed by atoms with van der Waals surface area (Å²) in [6.07, 6.45) is 1.94. The van der Waals surface area contributed by atoms with Crippen LogP contribution in [0.3, 0.4) is 0 Å². The van der Waals surface area contributed by atoms with Gasteiger partial charge < -0.3 is 15.1 Å². The minimum absolute atomic E-state index is 0.143. The monoisotopic (exact) mass is 264 g/mol. The molecule has 1 unspecified atom stereocenters. The van der Waals surface area contributed by atoms with Crippen molar-refractivity contribution in [1.29, 1.82) is 0 Å². The van der Waals surface area contributed by atoms with Crippen LogP contribution in [-0.4, -0.2) is 40.9 Å². The molecule has 2 rings (SSSR count). The molecule has 0 amide bonds. The summed E-state index contributed by atoms with van der Waals surface area (Å²) >= 11 is 0. The Balaban J connectivity index is 2.40. The molecule has 0 radical (unpaired) electrons. The van der Waals surface area contributed by atoms with Gasteiger partial charge in [0.2, 0.25) is 0 Å². The number of aliphatic hydroxyl groups excluding tert-OH is 1. The second-order valence-electron chi connectivity index (χ2n) is 5.22. The second kappa shape index (κ2) is 5.57. The molecule has 1 aliphatic heterocycles. The summed E-state index contributed by atoms with van der Waals surface area (Å²) in [6.45, 7) is 5.29. The molecule has 1 aromatic heterocycles. The highest BCUT2D eigenvalue weighted by atomic mass is 16.4. The zero-order valence-corrected chi connectivity index (χ0v) is 11.4. The van der Waals surface area contributed by atoms with Crippen LogP contribution in [0.15, 0.2) is 6.07 Å². The van der Waals surface area contributed by atoms with Crippen LogP contribution in [0.1, 0.15) is 34.5 Å². The molecule has 1 atom stereocenters. The molecule has 0 bridgehead atoms. The van der Waals surface area contributed by atoms with Crippen LogP contribution in [0.5, 0.6) is 0 Å². The van der Waals surface area contributed by atoms with Crippen LogP contribution < -0.4 is 4.90 Å². The first-order valence-corrected chi connectivity index (χ1v) is 6.60. The van der Waals surface area contributed by atoms with E-state index in [9.17, 15) is 15.0 Å². The summed E-state index contributed by atoms with van der Waals surface area (Å²) in [7, 11) is 0. The smallest absolute Gasteiger partial charge is 0.339 e. The Hall–Kier alpha value is -1.62. The number of piperidine rings is 1. The lowest BCUT2D eigenvalue weighted by molar-refractivity contribution is 0.0696. The molecule has 2 heterocycles. The van der Waals surface area contributed by atoms with E-state index in [2.05, 4.69) is 4.98 Å². The molecule has 5 heteroatoms. The fourth-order valence-corrected chi connectivity index (χ4v) is 2.72. The predicted molar refractivity (Wildman–Crippen MR) is 72.7 cm³/mol. The molecule has 1 fully saturated rings. The van der Waals surface area contributed by atoms with Crippen molar-refractivity contribution in [2.24, 2.45) is 5.92 Å². The quantitative estimate of drug-likeness (QED) is 0.867. The molecule has 1 saturated heterocycles. The molecule has 2 N–H and O–H groups in total. The number of carboxylic acid groups (broad SMARTS) is 1. The summed E-state index contributed by atoms with van der Waals surface area (Å²) < 4.78 is 0. The fourth-order valence-electron chi connectivity index (χ4n) is 2.72. The molecule has 0 saturated carbocycles. The van der Waals surface area contributed by atoms with Crippen LogP contribution in [-0.2, 0) is 0 Å². The van der Waals surface area contributed by atoms with Crippen LogP contribution in [0.2, 0.25) is 0 Å². The van der Waals surface area contributed by atoms with E-state index in [1.165, 1.54) is 0 Å². The highest BCUT2D eigenvalue weighted by molar-refractivity contribution is 5.95. The minimum Gasteiger partial charge on any atom is -0.478 e. The first-order chi connectivity index (χ1) is 9.02. The number of carboxylic acids is 1. The van der Waals surface area contributed by atoms with Crippen molar-refractivity contribution in [1.82, 2.24) is 4.98 Å². The van der Waals surface area contributed by atoms with Crippen molar-refractivity contribution in [3.63, 3.8) is 0 Å². The van der Waals surface area contributed by atoms with Crippen molar-refractivity contribution in [2.75, 3.05) is 24.6 Å². The average Bonchev–Trinajstić information content (AvgIpc) is 2.37. The normalized spacial score (nSPS) is 19.5. The topological polar surface area (TPSA) is 73.7 Å². The number of aliphatic hydroxyl groups is 1. The zero-order chi connectivity index (χ0) is 14.0. The molecular weight excluding hydrogens is 244 g/mol. The third kappa shape index (κ3) is 2.87. The van der Waals surface area contributed by atoms with Gasteiger partial charge in [0.05, 0.1) is 0 Å². The van der Waals surface area contributed by atoms with Crippen molar-refractivity contribution in [3.8, 4) is 0 Å². The minimum atomic E-state index is -0.939. The molecular formula is C14H20N2O3. The Labute approximate surface area is 112 Å².